The van der Waals surface area contributed by atoms with Crippen molar-refractivity contribution >= 4 is 17.4 Å². The Kier molecular flexibility index (Phi) is 5.22. The summed E-state index contributed by atoms with van der Waals surface area (Å²) >= 11 is 0. The van der Waals surface area contributed by atoms with E-state index >= 15 is 0 Å². The summed E-state index contributed by atoms with van der Waals surface area (Å²) in [6, 6.07) is 3.93. The van der Waals surface area contributed by atoms with Gasteiger partial charge in [0.15, 0.2) is 11.5 Å². The molecule has 28 heavy (non-hydrogen) atoms. The number of benzene rings is 1. The highest BCUT2D eigenvalue weighted by Gasteiger charge is 2.40. The van der Waals surface area contributed by atoms with E-state index in [-0.39, 0.29) is 17.5 Å². The molecule has 1 aromatic rings. The van der Waals surface area contributed by atoms with Crippen LogP contribution in [0.15, 0.2) is 40.7 Å². The number of nitro groups is 1. The highest BCUT2D eigenvalue weighted by Crippen LogP contribution is 2.44. The third kappa shape index (κ3) is 3.49. The predicted molar refractivity (Wildman–Crippen MR) is 100 cm³/mol. The van der Waals surface area contributed by atoms with E-state index in [2.05, 4.69) is 5.32 Å². The number of hydrogen-bond donors (Lipinski definition) is 2. The fourth-order valence-corrected chi connectivity index (χ4v) is 3.73. The van der Waals surface area contributed by atoms with Gasteiger partial charge in [-0.2, -0.15) is 0 Å². The summed E-state index contributed by atoms with van der Waals surface area (Å²) in [5.74, 6) is -1.93. The summed E-state index contributed by atoms with van der Waals surface area (Å²) < 4.78 is 5.37. The largest absolute Gasteiger partial charge is 0.502 e. The highest BCUT2D eigenvalue weighted by molar-refractivity contribution is 6.03. The average Bonchev–Trinajstić information content (AvgIpc) is 2.60. The lowest BCUT2D eigenvalue weighted by Gasteiger charge is -2.34. The maximum atomic E-state index is 12.8. The van der Waals surface area contributed by atoms with Gasteiger partial charge in [0.05, 0.1) is 16.6 Å². The molecule has 8 nitrogen and oxygen atoms in total. The Balaban J connectivity index is 2.20. The van der Waals surface area contributed by atoms with Crippen LogP contribution in [0.5, 0.6) is 5.75 Å². The Labute approximate surface area is 162 Å². The topological polar surface area (TPSA) is 119 Å². The number of esters is 1. The van der Waals surface area contributed by atoms with Crippen LogP contribution in [0.2, 0.25) is 0 Å². The number of rotatable bonds is 4. The number of dihydropyridines is 1. The summed E-state index contributed by atoms with van der Waals surface area (Å²) in [6.45, 7) is 5.17. The van der Waals surface area contributed by atoms with Crippen molar-refractivity contribution in [1.82, 2.24) is 5.32 Å². The first-order valence-electron chi connectivity index (χ1n) is 9.13. The molecular weight excluding hydrogens is 364 g/mol. The van der Waals surface area contributed by atoms with Crippen molar-refractivity contribution in [3.8, 4) is 5.75 Å². The van der Waals surface area contributed by atoms with Gasteiger partial charge in [0.2, 0.25) is 0 Å². The first-order valence-corrected chi connectivity index (χ1v) is 9.13. The molecule has 0 radical (unpaired) electrons. The number of Topliss-reactive ketones (excluding diaryl/α,β-unsaturated/α-hetero) is 1. The summed E-state index contributed by atoms with van der Waals surface area (Å²) in [6.07, 6.45) is 1.34. The summed E-state index contributed by atoms with van der Waals surface area (Å²) in [5, 5.41) is 24.2. The van der Waals surface area contributed by atoms with Crippen molar-refractivity contribution < 1.29 is 24.4 Å². The number of aromatic hydroxyl groups is 1. The quantitative estimate of drug-likeness (QED) is 0.463. The van der Waals surface area contributed by atoms with Crippen LogP contribution in [-0.4, -0.2) is 27.9 Å². The van der Waals surface area contributed by atoms with Crippen LogP contribution in [-0.2, 0) is 14.3 Å². The number of nitrogens with zero attached hydrogens (tertiary/aromatic N) is 1. The van der Waals surface area contributed by atoms with E-state index in [4.69, 9.17) is 4.74 Å². The van der Waals surface area contributed by atoms with Gasteiger partial charge < -0.3 is 15.2 Å². The molecule has 2 N–H and O–H groups in total. The van der Waals surface area contributed by atoms with Gasteiger partial charge in [-0.05, 0) is 45.2 Å². The Morgan fingerprint density at radius 2 is 2.07 bits per heavy atom. The van der Waals surface area contributed by atoms with Gasteiger partial charge >= 0.3 is 11.7 Å². The zero-order chi connectivity index (χ0) is 20.6. The van der Waals surface area contributed by atoms with Crippen molar-refractivity contribution in [2.24, 2.45) is 0 Å². The molecule has 148 valence electrons. The fourth-order valence-electron chi connectivity index (χ4n) is 3.73. The maximum absolute atomic E-state index is 12.8. The minimum atomic E-state index is -0.783. The van der Waals surface area contributed by atoms with Gasteiger partial charge in [0, 0.05) is 35.4 Å². The van der Waals surface area contributed by atoms with Crippen LogP contribution >= 0.6 is 0 Å². The maximum Gasteiger partial charge on any atom is 0.337 e. The molecule has 0 saturated heterocycles. The molecule has 0 unspecified atom stereocenters. The number of carbonyl (C=O) groups excluding carboxylic acids is 2. The average molecular weight is 386 g/mol. The molecule has 0 saturated carbocycles. The first-order chi connectivity index (χ1) is 13.2. The number of hydrogen-bond acceptors (Lipinski definition) is 7. The standard InChI is InChI=1S/C20H22N2O6/c1-10(2)28-20(25)17-11(3)21-13-5-4-6-16(24)19(13)18(17)12-7-8-15(23)14(9-12)22(26)27/h7-10,18,21,23H,4-6H2,1-3H3/t18-/m0/s1. The zero-order valence-electron chi connectivity index (χ0n) is 15.9. The number of phenolic OH excluding ortho intramolecular Hbond substituents is 1. The van der Waals surface area contributed by atoms with Crippen LogP contribution < -0.4 is 5.32 Å². The summed E-state index contributed by atoms with van der Waals surface area (Å²) in [5.41, 5.74) is 1.89. The van der Waals surface area contributed by atoms with Gasteiger partial charge in [0.25, 0.3) is 0 Å². The van der Waals surface area contributed by atoms with Gasteiger partial charge in [-0.1, -0.05) is 6.07 Å². The van der Waals surface area contributed by atoms with E-state index in [1.807, 2.05) is 0 Å². The molecule has 0 aromatic heterocycles. The minimum Gasteiger partial charge on any atom is -0.502 e. The van der Waals surface area contributed by atoms with Gasteiger partial charge in [-0.3, -0.25) is 14.9 Å². The summed E-state index contributed by atoms with van der Waals surface area (Å²) in [4.78, 5) is 36.2. The molecule has 1 heterocycles. The Bertz CT molecular complexity index is 929. The molecule has 1 aromatic carbocycles. The van der Waals surface area contributed by atoms with Crippen LogP contribution in [0.25, 0.3) is 0 Å². The van der Waals surface area contributed by atoms with E-state index in [0.29, 0.717) is 36.1 Å². The van der Waals surface area contributed by atoms with Gasteiger partial charge in [0.1, 0.15) is 0 Å². The molecule has 2 aliphatic rings. The summed E-state index contributed by atoms with van der Waals surface area (Å²) in [7, 11) is 0. The van der Waals surface area contributed by atoms with Crippen molar-refractivity contribution in [3.63, 3.8) is 0 Å². The van der Waals surface area contributed by atoms with Gasteiger partial charge in [-0.15, -0.1) is 0 Å². The fraction of sp³-hybridized carbons (Fsp3) is 0.400. The normalized spacial score (nSPS) is 19.4. The molecule has 1 aliphatic heterocycles. The molecule has 1 atom stereocenters. The highest BCUT2D eigenvalue weighted by atomic mass is 16.6. The second-order valence-electron chi connectivity index (χ2n) is 7.22. The van der Waals surface area contributed by atoms with E-state index < -0.39 is 28.2 Å². The third-order valence-electron chi connectivity index (χ3n) is 4.87. The molecule has 0 spiro atoms. The van der Waals surface area contributed by atoms with E-state index in [1.165, 1.54) is 18.2 Å². The monoisotopic (exact) mass is 386 g/mol. The van der Waals surface area contributed by atoms with E-state index in [9.17, 15) is 24.8 Å². The second kappa shape index (κ2) is 7.46. The lowest BCUT2D eigenvalue weighted by Crippen LogP contribution is -2.35. The predicted octanol–water partition coefficient (Wildman–Crippen LogP) is 3.22. The number of phenols is 1. The first kappa shape index (κ1) is 19.6. The number of nitrogens with one attached hydrogen (secondary N) is 1. The van der Waals surface area contributed by atoms with Crippen molar-refractivity contribution in [3.05, 3.63) is 56.4 Å². The number of ketones is 1. The number of carbonyl (C=O) groups is 2. The van der Waals surface area contributed by atoms with Crippen molar-refractivity contribution in [2.45, 2.75) is 52.1 Å². The van der Waals surface area contributed by atoms with Crippen molar-refractivity contribution in [1.29, 1.82) is 0 Å². The number of nitro benzene ring substituents is 1. The van der Waals surface area contributed by atoms with Gasteiger partial charge in [-0.25, -0.2) is 4.79 Å². The Morgan fingerprint density at radius 1 is 1.36 bits per heavy atom. The Morgan fingerprint density at radius 3 is 2.71 bits per heavy atom. The number of allylic oxidation sites excluding steroid dienone is 3. The smallest absolute Gasteiger partial charge is 0.337 e. The molecule has 3 rings (SSSR count). The third-order valence-corrected chi connectivity index (χ3v) is 4.87. The Hall–Kier alpha value is -3.16. The van der Waals surface area contributed by atoms with E-state index in [0.717, 1.165) is 5.70 Å². The molecular formula is C20H22N2O6. The molecule has 0 amide bonds. The molecule has 8 heteroatoms. The minimum absolute atomic E-state index is 0.100. The molecule has 0 fully saturated rings. The van der Waals surface area contributed by atoms with Crippen LogP contribution in [0.3, 0.4) is 0 Å². The second-order valence-corrected chi connectivity index (χ2v) is 7.22. The van der Waals surface area contributed by atoms with E-state index in [1.54, 1.807) is 20.8 Å². The zero-order valence-corrected chi connectivity index (χ0v) is 15.9. The van der Waals surface area contributed by atoms with Crippen LogP contribution in [0.4, 0.5) is 5.69 Å². The molecule has 0 bridgehead atoms. The van der Waals surface area contributed by atoms with Crippen molar-refractivity contribution in [2.75, 3.05) is 0 Å². The molecule has 1 aliphatic carbocycles. The number of ether oxygens (including phenoxy) is 1. The van der Waals surface area contributed by atoms with Crippen LogP contribution in [0.1, 0.15) is 51.5 Å². The lowest BCUT2D eigenvalue weighted by molar-refractivity contribution is -0.385. The SMILES string of the molecule is CC1=C(C(=O)OC(C)C)[C@H](c2ccc(O)c([N+](=O)[O-])c2)C2=C(CCCC2=O)N1. The van der Waals surface area contributed by atoms with Crippen LogP contribution in [0, 0.1) is 10.1 Å². The lowest BCUT2D eigenvalue weighted by atomic mass is 9.75.